The third-order valence-electron chi connectivity index (χ3n) is 5.00. The highest BCUT2D eigenvalue weighted by Gasteiger charge is 2.27. The van der Waals surface area contributed by atoms with Crippen LogP contribution in [0, 0.1) is 0 Å². The topological polar surface area (TPSA) is 81.2 Å². The van der Waals surface area contributed by atoms with Gasteiger partial charge in [-0.2, -0.15) is 0 Å². The number of ether oxygens (including phenoxy) is 1. The molecule has 160 valence electrons. The van der Waals surface area contributed by atoms with Crippen molar-refractivity contribution in [1.29, 1.82) is 0 Å². The summed E-state index contributed by atoms with van der Waals surface area (Å²) in [6.07, 6.45) is 7.40. The van der Waals surface area contributed by atoms with Crippen LogP contribution in [0.3, 0.4) is 0 Å². The van der Waals surface area contributed by atoms with Crippen LogP contribution in [0.4, 0.5) is 5.00 Å². The van der Waals surface area contributed by atoms with Crippen LogP contribution in [0.25, 0.3) is 0 Å². The first-order chi connectivity index (χ1) is 15.2. The summed E-state index contributed by atoms with van der Waals surface area (Å²) in [6, 6.07) is 9.24. The second-order valence-electron chi connectivity index (χ2n) is 7.11. The van der Waals surface area contributed by atoms with Crippen molar-refractivity contribution in [2.45, 2.75) is 43.5 Å². The summed E-state index contributed by atoms with van der Waals surface area (Å²) in [5.41, 5.74) is 3.20. The second-order valence-corrected chi connectivity index (χ2v) is 9.15. The van der Waals surface area contributed by atoms with Gasteiger partial charge in [0.15, 0.2) is 5.16 Å². The van der Waals surface area contributed by atoms with Crippen LogP contribution in [0.1, 0.15) is 56.5 Å². The Hall–Kier alpha value is -2.71. The van der Waals surface area contributed by atoms with Gasteiger partial charge in [-0.05, 0) is 61.9 Å². The highest BCUT2D eigenvalue weighted by Crippen LogP contribution is 2.38. The Bertz CT molecular complexity index is 1070. The van der Waals surface area contributed by atoms with Gasteiger partial charge in [0.25, 0.3) is 5.91 Å². The lowest BCUT2D eigenvalue weighted by Crippen LogP contribution is -2.15. The van der Waals surface area contributed by atoms with E-state index >= 15 is 0 Å². The number of hydrogen-bond acceptors (Lipinski definition) is 7. The summed E-state index contributed by atoms with van der Waals surface area (Å²) in [6.45, 7) is 2.10. The molecule has 1 N–H and O–H groups in total. The molecule has 31 heavy (non-hydrogen) atoms. The minimum Gasteiger partial charge on any atom is -0.462 e. The maximum Gasteiger partial charge on any atom is 0.341 e. The standard InChI is InChI=1S/C23H23N3O3S2/c1-2-29-22(28)19-17-6-3-4-7-18(17)31-21(19)26-20(27)16-10-8-15(9-11-16)14-30-23-24-12-5-13-25-23/h5,8-13H,2-4,6-7,14H2,1H3,(H,26,27). The number of esters is 1. The quantitative estimate of drug-likeness (QED) is 0.303. The molecule has 0 fully saturated rings. The number of anilines is 1. The Morgan fingerprint density at radius 3 is 2.61 bits per heavy atom. The summed E-state index contributed by atoms with van der Waals surface area (Å²) in [4.78, 5) is 35.0. The van der Waals surface area contributed by atoms with Gasteiger partial charge >= 0.3 is 5.97 Å². The number of carbonyl (C=O) groups is 2. The molecule has 6 nitrogen and oxygen atoms in total. The van der Waals surface area contributed by atoms with Crippen LogP contribution in [0.5, 0.6) is 0 Å². The molecule has 1 aromatic carbocycles. The van der Waals surface area contributed by atoms with Crippen molar-refractivity contribution in [3.8, 4) is 0 Å². The second kappa shape index (κ2) is 10.1. The number of fused-ring (bicyclic) bond motifs is 1. The first kappa shape index (κ1) is 21.5. The van der Waals surface area contributed by atoms with Crippen LogP contribution in [0.15, 0.2) is 47.9 Å². The number of rotatable bonds is 7. The maximum atomic E-state index is 12.9. The summed E-state index contributed by atoms with van der Waals surface area (Å²) in [5, 5.41) is 4.27. The van der Waals surface area contributed by atoms with E-state index in [4.69, 9.17) is 4.74 Å². The lowest BCUT2D eigenvalue weighted by molar-refractivity contribution is 0.0526. The van der Waals surface area contributed by atoms with Gasteiger partial charge in [0.1, 0.15) is 5.00 Å². The molecule has 0 unspecified atom stereocenters. The molecule has 0 saturated carbocycles. The third kappa shape index (κ3) is 5.14. The fourth-order valence-corrected chi connectivity index (χ4v) is 5.54. The number of aryl methyl sites for hydroxylation is 1. The van der Waals surface area contributed by atoms with Crippen molar-refractivity contribution in [3.63, 3.8) is 0 Å². The average Bonchev–Trinajstić information content (AvgIpc) is 3.16. The first-order valence-corrected chi connectivity index (χ1v) is 12.1. The molecular formula is C23H23N3O3S2. The van der Waals surface area contributed by atoms with Crippen LogP contribution >= 0.6 is 23.1 Å². The predicted octanol–water partition coefficient (Wildman–Crippen LogP) is 5.14. The number of nitrogens with zero attached hydrogens (tertiary/aromatic N) is 2. The van der Waals surface area contributed by atoms with Crippen molar-refractivity contribution >= 4 is 40.0 Å². The van der Waals surface area contributed by atoms with Gasteiger partial charge in [-0.15, -0.1) is 11.3 Å². The molecule has 1 amide bonds. The van der Waals surface area contributed by atoms with E-state index in [1.807, 2.05) is 12.1 Å². The Balaban J connectivity index is 1.47. The lowest BCUT2D eigenvalue weighted by Gasteiger charge is -2.12. The predicted molar refractivity (Wildman–Crippen MR) is 123 cm³/mol. The van der Waals surface area contributed by atoms with Crippen molar-refractivity contribution in [3.05, 3.63) is 69.9 Å². The maximum absolute atomic E-state index is 12.9. The molecule has 0 aliphatic heterocycles. The van der Waals surface area contributed by atoms with Gasteiger partial charge in [0, 0.05) is 28.6 Å². The molecule has 4 rings (SSSR count). The third-order valence-corrected chi connectivity index (χ3v) is 7.16. The summed E-state index contributed by atoms with van der Waals surface area (Å²) in [7, 11) is 0. The molecule has 3 aromatic rings. The zero-order chi connectivity index (χ0) is 21.6. The molecule has 2 aromatic heterocycles. The molecule has 8 heteroatoms. The summed E-state index contributed by atoms with van der Waals surface area (Å²) < 4.78 is 5.26. The van der Waals surface area contributed by atoms with Gasteiger partial charge in [-0.3, -0.25) is 4.79 Å². The van der Waals surface area contributed by atoms with Crippen molar-refractivity contribution < 1.29 is 14.3 Å². The van der Waals surface area contributed by atoms with Crippen LogP contribution in [0.2, 0.25) is 0 Å². The highest BCUT2D eigenvalue weighted by atomic mass is 32.2. The number of carbonyl (C=O) groups excluding carboxylic acids is 2. The molecule has 0 atom stereocenters. The number of thioether (sulfide) groups is 1. The fourth-order valence-electron chi connectivity index (χ4n) is 3.51. The molecule has 0 saturated heterocycles. The van der Waals surface area contributed by atoms with E-state index in [0.29, 0.717) is 22.7 Å². The fraction of sp³-hybridized carbons (Fsp3) is 0.304. The molecule has 1 aliphatic rings. The van der Waals surface area contributed by atoms with Crippen LogP contribution in [-0.4, -0.2) is 28.5 Å². The molecule has 2 heterocycles. The number of aromatic nitrogens is 2. The van der Waals surface area contributed by atoms with E-state index in [1.54, 1.807) is 49.3 Å². The molecule has 1 aliphatic carbocycles. The van der Waals surface area contributed by atoms with Crippen molar-refractivity contribution in [2.24, 2.45) is 0 Å². The highest BCUT2D eigenvalue weighted by molar-refractivity contribution is 7.98. The molecule has 0 radical (unpaired) electrons. The Morgan fingerprint density at radius 1 is 1.13 bits per heavy atom. The van der Waals surface area contributed by atoms with Gasteiger partial charge in [0.2, 0.25) is 0 Å². The minimum atomic E-state index is -0.354. The van der Waals surface area contributed by atoms with E-state index in [1.165, 1.54) is 16.2 Å². The molecular weight excluding hydrogens is 430 g/mol. The van der Waals surface area contributed by atoms with Crippen molar-refractivity contribution in [1.82, 2.24) is 9.97 Å². The Labute approximate surface area is 189 Å². The summed E-state index contributed by atoms with van der Waals surface area (Å²) >= 11 is 3.04. The molecule has 0 bridgehead atoms. The monoisotopic (exact) mass is 453 g/mol. The van der Waals surface area contributed by atoms with E-state index in [0.717, 1.165) is 47.7 Å². The number of thiophene rings is 1. The summed E-state index contributed by atoms with van der Waals surface area (Å²) in [5.74, 6) is 0.138. The zero-order valence-corrected chi connectivity index (χ0v) is 18.9. The number of amides is 1. The minimum absolute atomic E-state index is 0.227. The van der Waals surface area contributed by atoms with Gasteiger partial charge in [0.05, 0.1) is 12.2 Å². The SMILES string of the molecule is CCOC(=O)c1c(NC(=O)c2ccc(CSc3ncccn3)cc2)sc2c1CCCC2. The smallest absolute Gasteiger partial charge is 0.341 e. The van der Waals surface area contributed by atoms with Crippen LogP contribution in [-0.2, 0) is 23.3 Å². The number of nitrogens with one attached hydrogen (secondary N) is 1. The average molecular weight is 454 g/mol. The van der Waals surface area contributed by atoms with E-state index in [9.17, 15) is 9.59 Å². The number of benzene rings is 1. The largest absolute Gasteiger partial charge is 0.462 e. The van der Waals surface area contributed by atoms with E-state index in [2.05, 4.69) is 15.3 Å². The first-order valence-electron chi connectivity index (χ1n) is 10.3. The van der Waals surface area contributed by atoms with Gasteiger partial charge < -0.3 is 10.1 Å². The Morgan fingerprint density at radius 2 is 1.87 bits per heavy atom. The lowest BCUT2D eigenvalue weighted by atomic mass is 9.95. The number of hydrogen-bond donors (Lipinski definition) is 1. The normalized spacial score (nSPS) is 12.8. The van der Waals surface area contributed by atoms with Gasteiger partial charge in [-0.1, -0.05) is 23.9 Å². The van der Waals surface area contributed by atoms with E-state index in [-0.39, 0.29) is 11.9 Å². The van der Waals surface area contributed by atoms with Gasteiger partial charge in [-0.25, -0.2) is 14.8 Å². The molecule has 0 spiro atoms. The van der Waals surface area contributed by atoms with Crippen molar-refractivity contribution in [2.75, 3.05) is 11.9 Å². The Kier molecular flexibility index (Phi) is 6.99. The van der Waals surface area contributed by atoms with E-state index < -0.39 is 0 Å². The van der Waals surface area contributed by atoms with Crippen LogP contribution < -0.4 is 5.32 Å². The zero-order valence-electron chi connectivity index (χ0n) is 17.2.